The Morgan fingerprint density at radius 2 is 1.95 bits per heavy atom. The van der Waals surface area contributed by atoms with E-state index in [9.17, 15) is 13.2 Å². The standard InChI is InChI=1S/C11H8Br2F3N3/c1-19-9(5-12)17-18-10(19)7-3-2-6(13)4-8(7)11(14,15)16/h2-4H,5H2,1H3. The summed E-state index contributed by atoms with van der Waals surface area (Å²) in [6, 6.07) is 3.97. The second-order valence-corrected chi connectivity index (χ2v) is 5.30. The second kappa shape index (κ2) is 5.24. The molecule has 0 atom stereocenters. The van der Waals surface area contributed by atoms with Crippen molar-refractivity contribution in [2.45, 2.75) is 11.5 Å². The zero-order chi connectivity index (χ0) is 14.2. The molecule has 0 N–H and O–H groups in total. The highest BCUT2D eigenvalue weighted by molar-refractivity contribution is 9.10. The molecule has 0 aliphatic heterocycles. The Hall–Kier alpha value is -0.890. The molecule has 0 fully saturated rings. The Labute approximate surface area is 124 Å². The molecule has 0 radical (unpaired) electrons. The average molecular weight is 399 g/mol. The molecule has 0 saturated heterocycles. The fourth-order valence-electron chi connectivity index (χ4n) is 1.66. The summed E-state index contributed by atoms with van der Waals surface area (Å²) in [5.41, 5.74) is -0.726. The van der Waals surface area contributed by atoms with E-state index in [1.54, 1.807) is 13.1 Å². The van der Waals surface area contributed by atoms with Gasteiger partial charge in [0, 0.05) is 17.1 Å². The lowest BCUT2D eigenvalue weighted by atomic mass is 10.1. The normalized spacial score (nSPS) is 11.9. The van der Waals surface area contributed by atoms with Crippen LogP contribution in [0.5, 0.6) is 0 Å². The summed E-state index contributed by atoms with van der Waals surface area (Å²) >= 11 is 6.26. The first kappa shape index (κ1) is 14.5. The second-order valence-electron chi connectivity index (χ2n) is 3.82. The molecule has 0 aliphatic rings. The van der Waals surface area contributed by atoms with E-state index in [-0.39, 0.29) is 11.4 Å². The number of alkyl halides is 4. The van der Waals surface area contributed by atoms with Gasteiger partial charge < -0.3 is 4.57 Å². The summed E-state index contributed by atoms with van der Waals surface area (Å²) in [5, 5.41) is 8.10. The summed E-state index contributed by atoms with van der Waals surface area (Å²) in [6.07, 6.45) is -4.44. The average Bonchev–Trinajstić information content (AvgIpc) is 2.69. The zero-order valence-electron chi connectivity index (χ0n) is 9.67. The smallest absolute Gasteiger partial charge is 0.313 e. The van der Waals surface area contributed by atoms with Crippen molar-refractivity contribution >= 4 is 31.9 Å². The first-order valence-corrected chi connectivity index (χ1v) is 7.07. The number of rotatable bonds is 2. The van der Waals surface area contributed by atoms with Crippen molar-refractivity contribution in [1.29, 1.82) is 0 Å². The van der Waals surface area contributed by atoms with Crippen molar-refractivity contribution < 1.29 is 13.2 Å². The van der Waals surface area contributed by atoms with Gasteiger partial charge in [0.15, 0.2) is 5.82 Å². The maximum Gasteiger partial charge on any atom is 0.417 e. The molecular weight excluding hydrogens is 391 g/mol. The van der Waals surface area contributed by atoms with Gasteiger partial charge in [-0.1, -0.05) is 31.9 Å². The minimum Gasteiger partial charge on any atom is -0.313 e. The predicted molar refractivity (Wildman–Crippen MR) is 71.8 cm³/mol. The molecule has 2 rings (SSSR count). The minimum atomic E-state index is -4.44. The van der Waals surface area contributed by atoms with Crippen molar-refractivity contribution in [1.82, 2.24) is 14.8 Å². The van der Waals surface area contributed by atoms with Crippen LogP contribution in [0.4, 0.5) is 13.2 Å². The Bertz CT molecular complexity index is 608. The summed E-state index contributed by atoms with van der Waals surface area (Å²) in [4.78, 5) is 0. The Kier molecular flexibility index (Phi) is 4.00. The fraction of sp³-hybridized carbons (Fsp3) is 0.273. The minimum absolute atomic E-state index is 0.0119. The van der Waals surface area contributed by atoms with E-state index < -0.39 is 11.7 Å². The lowest BCUT2D eigenvalue weighted by Crippen LogP contribution is -2.09. The Morgan fingerprint density at radius 3 is 2.47 bits per heavy atom. The van der Waals surface area contributed by atoms with Crippen molar-refractivity contribution in [2.24, 2.45) is 7.05 Å². The maximum atomic E-state index is 13.0. The van der Waals surface area contributed by atoms with Crippen molar-refractivity contribution in [3.8, 4) is 11.4 Å². The van der Waals surface area contributed by atoms with E-state index >= 15 is 0 Å². The predicted octanol–water partition coefficient (Wildman–Crippen LogP) is 4.16. The van der Waals surface area contributed by atoms with Crippen LogP contribution in [0.25, 0.3) is 11.4 Å². The third kappa shape index (κ3) is 2.84. The van der Waals surface area contributed by atoms with Crippen LogP contribution in [0.2, 0.25) is 0 Å². The van der Waals surface area contributed by atoms with Gasteiger partial charge in [-0.2, -0.15) is 13.2 Å². The lowest BCUT2D eigenvalue weighted by Gasteiger charge is -2.12. The quantitative estimate of drug-likeness (QED) is 0.711. The molecule has 0 spiro atoms. The molecule has 0 unspecified atom stereocenters. The highest BCUT2D eigenvalue weighted by Gasteiger charge is 2.35. The van der Waals surface area contributed by atoms with Crippen molar-refractivity contribution in [2.75, 3.05) is 0 Å². The third-order valence-corrected chi connectivity index (χ3v) is 3.61. The first-order valence-electron chi connectivity index (χ1n) is 5.16. The van der Waals surface area contributed by atoms with Gasteiger partial charge in [0.1, 0.15) is 5.82 Å². The van der Waals surface area contributed by atoms with E-state index in [0.717, 1.165) is 6.07 Å². The molecule has 102 valence electrons. The van der Waals surface area contributed by atoms with Crippen LogP contribution in [-0.2, 0) is 18.6 Å². The van der Waals surface area contributed by atoms with E-state index in [2.05, 4.69) is 42.1 Å². The molecule has 0 bridgehead atoms. The Morgan fingerprint density at radius 1 is 1.26 bits per heavy atom. The fourth-order valence-corrected chi connectivity index (χ4v) is 2.51. The van der Waals surface area contributed by atoms with Gasteiger partial charge >= 0.3 is 6.18 Å². The van der Waals surface area contributed by atoms with E-state index in [1.807, 2.05) is 0 Å². The van der Waals surface area contributed by atoms with Crippen molar-refractivity contribution in [3.05, 3.63) is 34.1 Å². The molecular formula is C11H8Br2F3N3. The van der Waals surface area contributed by atoms with Gasteiger partial charge in [-0.05, 0) is 18.2 Å². The molecule has 3 nitrogen and oxygen atoms in total. The number of aromatic nitrogens is 3. The van der Waals surface area contributed by atoms with Crippen LogP contribution < -0.4 is 0 Å². The summed E-state index contributed by atoms with van der Waals surface area (Å²) < 4.78 is 41.0. The lowest BCUT2D eigenvalue weighted by molar-refractivity contribution is -0.137. The van der Waals surface area contributed by atoms with E-state index in [0.29, 0.717) is 15.6 Å². The van der Waals surface area contributed by atoms with Gasteiger partial charge in [0.2, 0.25) is 0 Å². The SMILES string of the molecule is Cn1c(CBr)nnc1-c1ccc(Br)cc1C(F)(F)F. The van der Waals surface area contributed by atoms with Crippen LogP contribution >= 0.6 is 31.9 Å². The largest absolute Gasteiger partial charge is 0.417 e. The van der Waals surface area contributed by atoms with Gasteiger partial charge in [0.05, 0.1) is 10.9 Å². The molecule has 1 aromatic heterocycles. The van der Waals surface area contributed by atoms with Crippen LogP contribution in [0, 0.1) is 0 Å². The molecule has 2 aromatic rings. The van der Waals surface area contributed by atoms with Gasteiger partial charge in [-0.3, -0.25) is 0 Å². The van der Waals surface area contributed by atoms with Crippen molar-refractivity contribution in [3.63, 3.8) is 0 Å². The number of halogens is 5. The van der Waals surface area contributed by atoms with Gasteiger partial charge in [-0.25, -0.2) is 0 Å². The molecule has 19 heavy (non-hydrogen) atoms. The van der Waals surface area contributed by atoms with Gasteiger partial charge in [-0.15, -0.1) is 10.2 Å². The highest BCUT2D eigenvalue weighted by Crippen LogP contribution is 2.38. The number of hydrogen-bond donors (Lipinski definition) is 0. The molecule has 0 aliphatic carbocycles. The van der Waals surface area contributed by atoms with Crippen LogP contribution in [0.3, 0.4) is 0 Å². The monoisotopic (exact) mass is 397 g/mol. The molecule has 1 aromatic carbocycles. The van der Waals surface area contributed by atoms with E-state index in [4.69, 9.17) is 0 Å². The van der Waals surface area contributed by atoms with Crippen LogP contribution in [-0.4, -0.2) is 14.8 Å². The molecule has 0 saturated carbocycles. The topological polar surface area (TPSA) is 30.7 Å². The number of nitrogens with zero attached hydrogens (tertiary/aromatic N) is 3. The maximum absolute atomic E-state index is 13.0. The van der Waals surface area contributed by atoms with E-state index in [1.165, 1.54) is 10.6 Å². The summed E-state index contributed by atoms with van der Waals surface area (Å²) in [7, 11) is 1.63. The summed E-state index contributed by atoms with van der Waals surface area (Å²) in [5.74, 6) is 0.750. The Balaban J connectivity index is 2.65. The van der Waals surface area contributed by atoms with Crippen LogP contribution in [0.1, 0.15) is 11.4 Å². The summed E-state index contributed by atoms with van der Waals surface area (Å²) in [6.45, 7) is 0. The first-order chi connectivity index (χ1) is 8.84. The van der Waals surface area contributed by atoms with Gasteiger partial charge in [0.25, 0.3) is 0 Å². The molecule has 1 heterocycles. The molecule has 0 amide bonds. The highest BCUT2D eigenvalue weighted by atomic mass is 79.9. The zero-order valence-corrected chi connectivity index (χ0v) is 12.8. The number of hydrogen-bond acceptors (Lipinski definition) is 2. The third-order valence-electron chi connectivity index (χ3n) is 2.61. The number of benzene rings is 1. The molecule has 8 heteroatoms. The van der Waals surface area contributed by atoms with Crippen LogP contribution in [0.15, 0.2) is 22.7 Å².